The molecule has 0 fully saturated rings. The summed E-state index contributed by atoms with van der Waals surface area (Å²) in [6.45, 7) is 11.8. The first-order valence-corrected chi connectivity index (χ1v) is 10.0. The second-order valence-electron chi connectivity index (χ2n) is 6.86. The van der Waals surface area contributed by atoms with Gasteiger partial charge in [-0.25, -0.2) is 0 Å². The lowest BCUT2D eigenvalue weighted by atomic mass is 9.87. The lowest BCUT2D eigenvalue weighted by Gasteiger charge is -2.32. The van der Waals surface area contributed by atoms with Gasteiger partial charge in [-0.1, -0.05) is 56.3 Å². The third-order valence-electron chi connectivity index (χ3n) is 3.72. The average Bonchev–Trinajstić information content (AvgIpc) is 2.78. The van der Waals surface area contributed by atoms with Crippen LogP contribution in [0.4, 0.5) is 5.69 Å². The summed E-state index contributed by atoms with van der Waals surface area (Å²) in [6, 6.07) is 10.6. The molecule has 19 heavy (non-hydrogen) atoms. The van der Waals surface area contributed by atoms with Gasteiger partial charge in [0, 0.05) is 5.69 Å². The molecule has 1 nitrogen and oxygen atoms in total. The summed E-state index contributed by atoms with van der Waals surface area (Å²) in [4.78, 5) is 3.80. The van der Waals surface area contributed by atoms with Gasteiger partial charge in [0.1, 0.15) is 0 Å². The van der Waals surface area contributed by atoms with Crippen molar-refractivity contribution < 1.29 is 0 Å². The lowest BCUT2D eigenvalue weighted by molar-refractivity contribution is 0.516. The summed E-state index contributed by atoms with van der Waals surface area (Å²) in [5.41, 5.74) is 3.02. The maximum absolute atomic E-state index is 3.80. The largest absolute Gasteiger partial charge is 0.407 e. The molecule has 0 aliphatic heterocycles. The van der Waals surface area contributed by atoms with Gasteiger partial charge in [0.25, 0.3) is 0 Å². The molecule has 2 heteroatoms. The molecule has 1 aromatic rings. The van der Waals surface area contributed by atoms with Crippen molar-refractivity contribution in [3.05, 3.63) is 53.3 Å². The van der Waals surface area contributed by atoms with Crippen LogP contribution in [0.1, 0.15) is 27.2 Å². The SMILES string of the molecule is CC(C)(C)C1=C([Si](C)(C)Nc2ccccc2)CC=C1. The molecule has 1 N–H and O–H groups in total. The molecular weight excluding hydrogens is 246 g/mol. The summed E-state index contributed by atoms with van der Waals surface area (Å²) < 4.78 is 0. The molecule has 0 radical (unpaired) electrons. The molecule has 0 saturated heterocycles. The lowest BCUT2D eigenvalue weighted by Crippen LogP contribution is -2.40. The van der Waals surface area contributed by atoms with E-state index in [0.717, 1.165) is 6.42 Å². The quantitative estimate of drug-likeness (QED) is 0.750. The number of hydrogen-bond donors (Lipinski definition) is 1. The minimum absolute atomic E-state index is 0.241. The number of anilines is 1. The zero-order chi connectivity index (χ0) is 14.1. The monoisotopic (exact) mass is 271 g/mol. The van der Waals surface area contributed by atoms with Gasteiger partial charge in [0.05, 0.1) is 0 Å². The predicted octanol–water partition coefficient (Wildman–Crippen LogP) is 5.15. The minimum Gasteiger partial charge on any atom is -0.407 e. The summed E-state index contributed by atoms with van der Waals surface area (Å²) >= 11 is 0. The molecule has 102 valence electrons. The molecule has 1 aromatic carbocycles. The van der Waals surface area contributed by atoms with Gasteiger partial charge >= 0.3 is 0 Å². The van der Waals surface area contributed by atoms with Crippen molar-refractivity contribution in [3.63, 3.8) is 0 Å². The Kier molecular flexibility index (Phi) is 3.72. The second kappa shape index (κ2) is 5.01. The Balaban J connectivity index is 2.30. The fraction of sp³-hybridized carbons (Fsp3) is 0.412. The van der Waals surface area contributed by atoms with Crippen LogP contribution in [0.15, 0.2) is 53.3 Å². The van der Waals surface area contributed by atoms with Gasteiger partial charge in [0.2, 0.25) is 0 Å². The maximum atomic E-state index is 3.80. The maximum Gasteiger partial charge on any atom is 0.175 e. The molecule has 0 aromatic heterocycles. The smallest absolute Gasteiger partial charge is 0.175 e. The molecular formula is C17H25NSi. The van der Waals surface area contributed by atoms with Crippen molar-refractivity contribution >= 4 is 13.9 Å². The van der Waals surface area contributed by atoms with Crippen molar-refractivity contribution in [3.8, 4) is 0 Å². The van der Waals surface area contributed by atoms with E-state index in [4.69, 9.17) is 0 Å². The summed E-state index contributed by atoms with van der Waals surface area (Å²) in [5.74, 6) is 0. The zero-order valence-corrected chi connectivity index (χ0v) is 13.7. The van der Waals surface area contributed by atoms with Crippen LogP contribution in [-0.2, 0) is 0 Å². The van der Waals surface area contributed by atoms with Gasteiger partial charge in [-0.3, -0.25) is 0 Å². The van der Waals surface area contributed by atoms with Crippen LogP contribution in [-0.4, -0.2) is 8.24 Å². The fourth-order valence-electron chi connectivity index (χ4n) is 2.76. The number of benzene rings is 1. The molecule has 0 unspecified atom stereocenters. The van der Waals surface area contributed by atoms with E-state index in [0.29, 0.717) is 0 Å². The topological polar surface area (TPSA) is 12.0 Å². The van der Waals surface area contributed by atoms with Crippen LogP contribution in [0, 0.1) is 5.41 Å². The number of para-hydroxylation sites is 1. The van der Waals surface area contributed by atoms with Crippen molar-refractivity contribution in [2.75, 3.05) is 4.98 Å². The standard InChI is InChI=1S/C17H25NSi/c1-17(2,3)15-12-9-13-16(15)19(4,5)18-14-10-7-6-8-11-14/h6-12,18H,13H2,1-5H3. The normalized spacial score (nSPS) is 16.1. The van der Waals surface area contributed by atoms with Crippen LogP contribution < -0.4 is 4.98 Å². The molecule has 0 bridgehead atoms. The Morgan fingerprint density at radius 3 is 2.26 bits per heavy atom. The van der Waals surface area contributed by atoms with Crippen molar-refractivity contribution in [2.45, 2.75) is 40.3 Å². The van der Waals surface area contributed by atoms with Gasteiger partial charge in [-0.05, 0) is 42.6 Å². The Bertz CT molecular complexity index is 504. The second-order valence-corrected chi connectivity index (χ2v) is 11.0. The Hall–Kier alpha value is -1.28. The van der Waals surface area contributed by atoms with Crippen LogP contribution in [0.5, 0.6) is 0 Å². The van der Waals surface area contributed by atoms with E-state index in [1.54, 1.807) is 5.20 Å². The highest BCUT2D eigenvalue weighted by molar-refractivity contribution is 6.87. The first kappa shape index (κ1) is 14.1. The Morgan fingerprint density at radius 1 is 1.05 bits per heavy atom. The third kappa shape index (κ3) is 3.18. The zero-order valence-electron chi connectivity index (χ0n) is 12.7. The highest BCUT2D eigenvalue weighted by Gasteiger charge is 2.33. The van der Waals surface area contributed by atoms with E-state index in [-0.39, 0.29) is 5.41 Å². The van der Waals surface area contributed by atoms with E-state index < -0.39 is 8.24 Å². The molecule has 0 amide bonds. The van der Waals surface area contributed by atoms with Crippen LogP contribution in [0.3, 0.4) is 0 Å². The molecule has 1 aliphatic rings. The number of rotatable bonds is 3. The first-order valence-electron chi connectivity index (χ1n) is 7.04. The molecule has 2 rings (SSSR count). The number of hydrogen-bond acceptors (Lipinski definition) is 1. The van der Waals surface area contributed by atoms with Crippen LogP contribution in [0.2, 0.25) is 13.1 Å². The summed E-state index contributed by atoms with van der Waals surface area (Å²) in [7, 11) is -1.62. The van der Waals surface area contributed by atoms with E-state index in [1.165, 1.54) is 11.3 Å². The number of allylic oxidation sites excluding steroid dienone is 4. The van der Waals surface area contributed by atoms with Gasteiger partial charge in [0.15, 0.2) is 8.24 Å². The molecule has 0 atom stereocenters. The molecule has 0 spiro atoms. The Labute approximate surface area is 118 Å². The van der Waals surface area contributed by atoms with E-state index >= 15 is 0 Å². The number of nitrogens with one attached hydrogen (secondary N) is 1. The fourth-order valence-corrected chi connectivity index (χ4v) is 5.56. The Morgan fingerprint density at radius 2 is 1.68 bits per heavy atom. The van der Waals surface area contributed by atoms with Crippen LogP contribution >= 0.6 is 0 Å². The summed E-state index contributed by atoms with van der Waals surface area (Å²) in [6.07, 6.45) is 5.76. The van der Waals surface area contributed by atoms with Crippen LogP contribution in [0.25, 0.3) is 0 Å². The minimum atomic E-state index is -1.62. The van der Waals surface area contributed by atoms with Gasteiger partial charge in [-0.15, -0.1) is 0 Å². The van der Waals surface area contributed by atoms with Crippen molar-refractivity contribution in [1.82, 2.24) is 0 Å². The first-order chi connectivity index (χ1) is 8.81. The van der Waals surface area contributed by atoms with E-state index in [2.05, 4.69) is 81.3 Å². The van der Waals surface area contributed by atoms with Gasteiger partial charge in [-0.2, -0.15) is 0 Å². The highest BCUT2D eigenvalue weighted by atomic mass is 28.3. The van der Waals surface area contributed by atoms with Crippen molar-refractivity contribution in [2.24, 2.45) is 5.41 Å². The van der Waals surface area contributed by atoms with E-state index in [1.807, 2.05) is 0 Å². The van der Waals surface area contributed by atoms with E-state index in [9.17, 15) is 0 Å². The average molecular weight is 271 g/mol. The third-order valence-corrected chi connectivity index (χ3v) is 6.62. The molecule has 1 aliphatic carbocycles. The van der Waals surface area contributed by atoms with Crippen molar-refractivity contribution in [1.29, 1.82) is 0 Å². The van der Waals surface area contributed by atoms with Gasteiger partial charge < -0.3 is 4.98 Å². The predicted molar refractivity (Wildman–Crippen MR) is 87.8 cm³/mol. The molecule has 0 saturated carbocycles. The summed E-state index contributed by atoms with van der Waals surface area (Å²) in [5, 5.41) is 1.64. The molecule has 0 heterocycles. The highest BCUT2D eigenvalue weighted by Crippen LogP contribution is 2.38.